The molecule has 0 radical (unpaired) electrons. The maximum absolute atomic E-state index is 5.80. The fourth-order valence-corrected chi connectivity index (χ4v) is 2.63. The summed E-state index contributed by atoms with van der Waals surface area (Å²) in [5, 5.41) is 14.7. The number of aromatic nitrogens is 3. The van der Waals surface area contributed by atoms with Crippen molar-refractivity contribution >= 4 is 29.9 Å². The molecule has 1 unspecified atom stereocenters. The minimum atomic E-state index is 0. The SMILES string of the molecule is CCNC(=NCC(C)COCc1ccccc1)NCCn1cnnc1CC.I. The highest BCUT2D eigenvalue weighted by Gasteiger charge is 2.05. The Bertz CT molecular complexity index is 676. The molecule has 0 saturated heterocycles. The fourth-order valence-electron chi connectivity index (χ4n) is 2.63. The lowest BCUT2D eigenvalue weighted by atomic mass is 10.2. The van der Waals surface area contributed by atoms with Crippen molar-refractivity contribution in [3.05, 3.63) is 48.0 Å². The number of benzene rings is 1. The Balaban J connectivity index is 0.00000392. The van der Waals surface area contributed by atoms with Crippen LogP contribution in [-0.2, 0) is 24.3 Å². The van der Waals surface area contributed by atoms with Crippen molar-refractivity contribution in [3.8, 4) is 0 Å². The van der Waals surface area contributed by atoms with Gasteiger partial charge in [-0.3, -0.25) is 4.99 Å². The van der Waals surface area contributed by atoms with Crippen molar-refractivity contribution in [2.75, 3.05) is 26.2 Å². The first-order valence-electron chi connectivity index (χ1n) is 9.73. The molecule has 0 bridgehead atoms. The number of halogens is 1. The summed E-state index contributed by atoms with van der Waals surface area (Å²) in [7, 11) is 0. The lowest BCUT2D eigenvalue weighted by Gasteiger charge is -2.14. The molecular formula is C20H33IN6O. The molecule has 1 atom stereocenters. The van der Waals surface area contributed by atoms with E-state index >= 15 is 0 Å². The van der Waals surface area contributed by atoms with Gasteiger partial charge in [0, 0.05) is 32.6 Å². The molecule has 28 heavy (non-hydrogen) atoms. The normalized spacial score (nSPS) is 12.3. The van der Waals surface area contributed by atoms with E-state index < -0.39 is 0 Å². The van der Waals surface area contributed by atoms with Crippen LogP contribution >= 0.6 is 24.0 Å². The van der Waals surface area contributed by atoms with Gasteiger partial charge in [0.2, 0.25) is 0 Å². The van der Waals surface area contributed by atoms with Gasteiger partial charge in [0.15, 0.2) is 5.96 Å². The number of aliphatic imine (C=N–C) groups is 1. The minimum Gasteiger partial charge on any atom is -0.376 e. The topological polar surface area (TPSA) is 76.4 Å². The van der Waals surface area contributed by atoms with Gasteiger partial charge in [0.25, 0.3) is 0 Å². The predicted octanol–water partition coefficient (Wildman–Crippen LogP) is 2.87. The average molecular weight is 500 g/mol. The standard InChI is InChI=1S/C20H32N6O.HI/c1-4-19-25-24-16-26(19)12-11-22-20(21-5-2)23-13-17(3)14-27-15-18-9-7-6-8-10-18;/h6-10,16-17H,4-5,11-15H2,1-3H3,(H2,21,22,23);1H. The maximum Gasteiger partial charge on any atom is 0.191 e. The molecule has 2 N–H and O–H groups in total. The quantitative estimate of drug-likeness (QED) is 0.282. The molecule has 1 aromatic carbocycles. The zero-order chi connectivity index (χ0) is 19.3. The van der Waals surface area contributed by atoms with E-state index in [0.29, 0.717) is 19.1 Å². The minimum absolute atomic E-state index is 0. The fraction of sp³-hybridized carbons (Fsp3) is 0.550. The van der Waals surface area contributed by atoms with Crippen LogP contribution in [0.3, 0.4) is 0 Å². The number of nitrogens with zero attached hydrogens (tertiary/aromatic N) is 4. The van der Waals surface area contributed by atoms with Crippen molar-refractivity contribution < 1.29 is 4.74 Å². The van der Waals surface area contributed by atoms with Crippen LogP contribution in [-0.4, -0.2) is 47.0 Å². The molecule has 0 spiro atoms. The zero-order valence-corrected chi connectivity index (χ0v) is 19.4. The van der Waals surface area contributed by atoms with Crippen LogP contribution in [0.4, 0.5) is 0 Å². The van der Waals surface area contributed by atoms with Crippen LogP contribution in [0.1, 0.15) is 32.2 Å². The van der Waals surface area contributed by atoms with Crippen LogP contribution in [0.25, 0.3) is 0 Å². The third kappa shape index (κ3) is 9.01. The van der Waals surface area contributed by atoms with Crippen LogP contribution in [0.15, 0.2) is 41.7 Å². The lowest BCUT2D eigenvalue weighted by molar-refractivity contribution is 0.0945. The van der Waals surface area contributed by atoms with Gasteiger partial charge in [-0.05, 0) is 18.4 Å². The summed E-state index contributed by atoms with van der Waals surface area (Å²) < 4.78 is 7.87. The molecule has 1 heterocycles. The average Bonchev–Trinajstić information content (AvgIpc) is 3.14. The summed E-state index contributed by atoms with van der Waals surface area (Å²) in [5.41, 5.74) is 1.20. The number of rotatable bonds is 11. The molecule has 156 valence electrons. The first-order chi connectivity index (χ1) is 13.2. The Kier molecular flexibility index (Phi) is 12.5. The summed E-state index contributed by atoms with van der Waals surface area (Å²) in [4.78, 5) is 4.67. The van der Waals surface area contributed by atoms with Crippen molar-refractivity contribution in [2.45, 2.75) is 40.3 Å². The van der Waals surface area contributed by atoms with Crippen molar-refractivity contribution in [3.63, 3.8) is 0 Å². The highest BCUT2D eigenvalue weighted by Crippen LogP contribution is 2.03. The Labute approximate surface area is 185 Å². The summed E-state index contributed by atoms with van der Waals surface area (Å²) in [6.07, 6.45) is 2.66. The van der Waals surface area contributed by atoms with Gasteiger partial charge in [-0.25, -0.2) is 0 Å². The van der Waals surface area contributed by atoms with Gasteiger partial charge < -0.3 is 19.9 Å². The van der Waals surface area contributed by atoms with Gasteiger partial charge in [0.05, 0.1) is 13.2 Å². The van der Waals surface area contributed by atoms with E-state index in [1.54, 1.807) is 6.33 Å². The molecule has 2 rings (SSSR count). The molecule has 8 heteroatoms. The van der Waals surface area contributed by atoms with E-state index in [-0.39, 0.29) is 24.0 Å². The molecule has 0 fully saturated rings. The van der Waals surface area contributed by atoms with Crippen LogP contribution < -0.4 is 10.6 Å². The Morgan fingerprint density at radius 2 is 2.00 bits per heavy atom. The van der Waals surface area contributed by atoms with E-state index in [0.717, 1.165) is 44.4 Å². The predicted molar refractivity (Wildman–Crippen MR) is 124 cm³/mol. The van der Waals surface area contributed by atoms with Crippen molar-refractivity contribution in [1.29, 1.82) is 0 Å². The molecule has 0 aliphatic rings. The van der Waals surface area contributed by atoms with Gasteiger partial charge in [-0.2, -0.15) is 0 Å². The van der Waals surface area contributed by atoms with Crippen molar-refractivity contribution in [1.82, 2.24) is 25.4 Å². The molecule has 1 aromatic heterocycles. The molecule has 0 amide bonds. The Morgan fingerprint density at radius 1 is 1.21 bits per heavy atom. The van der Waals surface area contributed by atoms with Gasteiger partial charge in [0.1, 0.15) is 12.2 Å². The number of aryl methyl sites for hydroxylation is 1. The number of ether oxygens (including phenoxy) is 1. The van der Waals surface area contributed by atoms with Gasteiger partial charge >= 0.3 is 0 Å². The van der Waals surface area contributed by atoms with E-state index in [1.165, 1.54) is 5.56 Å². The molecule has 0 aliphatic heterocycles. The molecule has 7 nitrogen and oxygen atoms in total. The second-order valence-electron chi connectivity index (χ2n) is 6.55. The molecule has 0 aliphatic carbocycles. The monoisotopic (exact) mass is 500 g/mol. The van der Waals surface area contributed by atoms with Crippen LogP contribution in [0.2, 0.25) is 0 Å². The molecule has 0 saturated carbocycles. The van der Waals surface area contributed by atoms with Crippen LogP contribution in [0.5, 0.6) is 0 Å². The van der Waals surface area contributed by atoms with Gasteiger partial charge in [-0.15, -0.1) is 34.2 Å². The first kappa shape index (κ1) is 24.4. The smallest absolute Gasteiger partial charge is 0.191 e. The third-order valence-corrected chi connectivity index (χ3v) is 4.08. The third-order valence-electron chi connectivity index (χ3n) is 4.08. The van der Waals surface area contributed by atoms with Crippen molar-refractivity contribution in [2.24, 2.45) is 10.9 Å². The van der Waals surface area contributed by atoms with E-state index in [4.69, 9.17) is 4.74 Å². The number of hydrogen-bond acceptors (Lipinski definition) is 4. The summed E-state index contributed by atoms with van der Waals surface area (Å²) in [6.45, 7) is 10.8. The van der Waals surface area contributed by atoms with E-state index in [1.807, 2.05) is 18.2 Å². The molecule has 2 aromatic rings. The van der Waals surface area contributed by atoms with E-state index in [2.05, 4.69) is 63.3 Å². The van der Waals surface area contributed by atoms with Gasteiger partial charge in [-0.1, -0.05) is 44.2 Å². The van der Waals surface area contributed by atoms with E-state index in [9.17, 15) is 0 Å². The Hall–Kier alpha value is -1.68. The Morgan fingerprint density at radius 3 is 2.71 bits per heavy atom. The number of nitrogens with one attached hydrogen (secondary N) is 2. The molecular weight excluding hydrogens is 467 g/mol. The maximum atomic E-state index is 5.80. The summed E-state index contributed by atoms with van der Waals surface area (Å²) >= 11 is 0. The second-order valence-corrected chi connectivity index (χ2v) is 6.55. The summed E-state index contributed by atoms with van der Waals surface area (Å²) in [6, 6.07) is 10.2. The number of guanidine groups is 1. The van der Waals surface area contributed by atoms with Crippen LogP contribution in [0, 0.1) is 5.92 Å². The highest BCUT2D eigenvalue weighted by atomic mass is 127. The highest BCUT2D eigenvalue weighted by molar-refractivity contribution is 14.0. The first-order valence-corrected chi connectivity index (χ1v) is 9.73. The zero-order valence-electron chi connectivity index (χ0n) is 17.1. The second kappa shape index (κ2) is 14.3. The largest absolute Gasteiger partial charge is 0.376 e. The number of hydrogen-bond donors (Lipinski definition) is 2. The summed E-state index contributed by atoms with van der Waals surface area (Å²) in [5.74, 6) is 2.19. The lowest BCUT2D eigenvalue weighted by Crippen LogP contribution is -2.39.